The van der Waals surface area contributed by atoms with Crippen LogP contribution in [0.3, 0.4) is 0 Å². The summed E-state index contributed by atoms with van der Waals surface area (Å²) in [6.45, 7) is 2.99. The van der Waals surface area contributed by atoms with Gasteiger partial charge in [-0.15, -0.1) is 0 Å². The highest BCUT2D eigenvalue weighted by molar-refractivity contribution is 6.03. The highest BCUT2D eigenvalue weighted by Crippen LogP contribution is 2.34. The van der Waals surface area contributed by atoms with Gasteiger partial charge in [0.25, 0.3) is 0 Å². The predicted molar refractivity (Wildman–Crippen MR) is 87.8 cm³/mol. The van der Waals surface area contributed by atoms with Gasteiger partial charge in [-0.05, 0) is 43.2 Å². The molecule has 128 valence electrons. The van der Waals surface area contributed by atoms with Gasteiger partial charge in [-0.25, -0.2) is 4.79 Å². The van der Waals surface area contributed by atoms with Crippen LogP contribution in [0.15, 0.2) is 24.3 Å². The fraction of sp³-hybridized carbons (Fsp3) is 0.500. The van der Waals surface area contributed by atoms with Crippen LogP contribution in [0.5, 0.6) is 0 Å². The topological polar surface area (TPSA) is 86.7 Å². The zero-order valence-electron chi connectivity index (χ0n) is 13.7. The minimum absolute atomic E-state index is 0.209. The Labute approximate surface area is 140 Å². The van der Waals surface area contributed by atoms with Crippen molar-refractivity contribution in [2.45, 2.75) is 43.9 Å². The molecule has 0 aromatic heterocycles. The van der Waals surface area contributed by atoms with Crippen molar-refractivity contribution in [1.29, 1.82) is 0 Å². The predicted octanol–water partition coefficient (Wildman–Crippen LogP) is 2.24. The first-order valence-corrected chi connectivity index (χ1v) is 8.33. The summed E-state index contributed by atoms with van der Waals surface area (Å²) in [6, 6.07) is 8.00. The number of imide groups is 1. The smallest absolute Gasteiger partial charge is 0.407 e. The van der Waals surface area contributed by atoms with Crippen molar-refractivity contribution >= 4 is 17.9 Å². The third-order valence-electron chi connectivity index (χ3n) is 5.39. The molecule has 24 heavy (non-hydrogen) atoms. The Morgan fingerprint density at radius 3 is 2.38 bits per heavy atom. The van der Waals surface area contributed by atoms with Crippen molar-refractivity contribution in [2.24, 2.45) is 0 Å². The number of hydrogen-bond acceptors (Lipinski definition) is 3. The van der Waals surface area contributed by atoms with Gasteiger partial charge in [0.1, 0.15) is 0 Å². The van der Waals surface area contributed by atoms with Gasteiger partial charge in [0.05, 0.1) is 5.41 Å². The summed E-state index contributed by atoms with van der Waals surface area (Å²) in [7, 11) is 0. The number of amides is 3. The summed E-state index contributed by atoms with van der Waals surface area (Å²) in [4.78, 5) is 36.0. The highest BCUT2D eigenvalue weighted by atomic mass is 16.4. The van der Waals surface area contributed by atoms with Crippen LogP contribution < -0.4 is 5.32 Å². The summed E-state index contributed by atoms with van der Waals surface area (Å²) in [5.74, 6) is -0.0928. The SMILES string of the molecule is CC1(c2ccc(C3CCN(C(=O)O)CC3)cc2)CCC(=O)NC1=O. The molecule has 3 amide bonds. The van der Waals surface area contributed by atoms with Crippen molar-refractivity contribution in [3.63, 3.8) is 0 Å². The van der Waals surface area contributed by atoms with Gasteiger partial charge in [0, 0.05) is 19.5 Å². The van der Waals surface area contributed by atoms with Crippen LogP contribution in [-0.2, 0) is 15.0 Å². The lowest BCUT2D eigenvalue weighted by atomic mass is 9.75. The Kier molecular flexibility index (Phi) is 4.30. The third-order valence-corrected chi connectivity index (χ3v) is 5.39. The fourth-order valence-electron chi connectivity index (χ4n) is 3.61. The fourth-order valence-corrected chi connectivity index (χ4v) is 3.61. The average molecular weight is 330 g/mol. The Bertz CT molecular complexity index is 662. The molecule has 1 unspecified atom stereocenters. The van der Waals surface area contributed by atoms with Crippen LogP contribution >= 0.6 is 0 Å². The first kappa shape index (κ1) is 16.5. The molecule has 2 aliphatic rings. The van der Waals surface area contributed by atoms with E-state index in [1.165, 1.54) is 10.5 Å². The van der Waals surface area contributed by atoms with E-state index in [9.17, 15) is 14.4 Å². The third kappa shape index (κ3) is 3.00. The monoisotopic (exact) mass is 330 g/mol. The van der Waals surface area contributed by atoms with Gasteiger partial charge >= 0.3 is 6.09 Å². The Morgan fingerprint density at radius 1 is 1.21 bits per heavy atom. The molecule has 0 radical (unpaired) electrons. The van der Waals surface area contributed by atoms with E-state index < -0.39 is 11.5 Å². The molecule has 1 atom stereocenters. The molecule has 3 rings (SSSR count). The molecule has 6 heteroatoms. The van der Waals surface area contributed by atoms with Crippen LogP contribution in [0.1, 0.15) is 49.7 Å². The van der Waals surface area contributed by atoms with Gasteiger partial charge in [-0.1, -0.05) is 24.3 Å². The highest BCUT2D eigenvalue weighted by Gasteiger charge is 2.39. The van der Waals surface area contributed by atoms with E-state index in [0.29, 0.717) is 31.8 Å². The zero-order valence-corrected chi connectivity index (χ0v) is 13.7. The summed E-state index contributed by atoms with van der Waals surface area (Å²) < 4.78 is 0. The van der Waals surface area contributed by atoms with Crippen molar-refractivity contribution in [2.75, 3.05) is 13.1 Å². The molecule has 6 nitrogen and oxygen atoms in total. The van der Waals surface area contributed by atoms with E-state index in [2.05, 4.69) is 5.32 Å². The quantitative estimate of drug-likeness (QED) is 0.814. The second-order valence-electron chi connectivity index (χ2n) is 6.88. The molecule has 2 saturated heterocycles. The number of carbonyl (C=O) groups excluding carboxylic acids is 2. The van der Waals surface area contributed by atoms with Gasteiger partial charge in [-0.2, -0.15) is 0 Å². The summed E-state index contributed by atoms with van der Waals surface area (Å²) >= 11 is 0. The number of piperidine rings is 2. The maximum Gasteiger partial charge on any atom is 0.407 e. The Morgan fingerprint density at radius 2 is 1.83 bits per heavy atom. The van der Waals surface area contributed by atoms with Crippen LogP contribution in [-0.4, -0.2) is 41.0 Å². The molecule has 0 saturated carbocycles. The molecule has 0 spiro atoms. The van der Waals surface area contributed by atoms with Crippen LogP contribution in [0.2, 0.25) is 0 Å². The maximum atomic E-state index is 12.2. The molecule has 2 N–H and O–H groups in total. The lowest BCUT2D eigenvalue weighted by Crippen LogP contribution is -2.49. The van der Waals surface area contributed by atoms with Crippen molar-refractivity contribution in [1.82, 2.24) is 10.2 Å². The van der Waals surface area contributed by atoms with Crippen LogP contribution in [0, 0.1) is 0 Å². The van der Waals surface area contributed by atoms with Gasteiger partial charge in [0.15, 0.2) is 0 Å². The summed E-state index contributed by atoms with van der Waals surface area (Å²) in [5.41, 5.74) is 1.43. The molecule has 1 aromatic rings. The van der Waals surface area contributed by atoms with Crippen LogP contribution in [0.4, 0.5) is 4.79 Å². The first-order valence-electron chi connectivity index (χ1n) is 8.33. The Balaban J connectivity index is 1.71. The minimum atomic E-state index is -0.852. The lowest BCUT2D eigenvalue weighted by molar-refractivity contribution is -0.137. The molecule has 0 bridgehead atoms. The maximum absolute atomic E-state index is 12.2. The van der Waals surface area contributed by atoms with Crippen LogP contribution in [0.25, 0.3) is 0 Å². The standard InChI is InChI=1S/C18H22N2O4/c1-18(9-6-15(21)19-16(18)22)14-4-2-12(3-5-14)13-7-10-20(11-8-13)17(23)24/h2-5,13H,6-11H2,1H3,(H,23,24)(H,19,21,22). The number of nitrogens with zero attached hydrogens (tertiary/aromatic N) is 1. The van der Waals surface area contributed by atoms with E-state index in [1.54, 1.807) is 0 Å². The van der Waals surface area contributed by atoms with Crippen molar-refractivity contribution in [3.8, 4) is 0 Å². The molecular weight excluding hydrogens is 308 g/mol. The number of rotatable bonds is 2. The normalized spacial score (nSPS) is 25.5. The van der Waals surface area contributed by atoms with Crippen molar-refractivity contribution < 1.29 is 19.5 Å². The summed E-state index contributed by atoms with van der Waals surface area (Å²) in [6.07, 6.45) is 1.66. The summed E-state index contributed by atoms with van der Waals surface area (Å²) in [5, 5.41) is 11.4. The second-order valence-corrected chi connectivity index (χ2v) is 6.88. The number of likely N-dealkylation sites (tertiary alicyclic amines) is 1. The van der Waals surface area contributed by atoms with Gasteiger partial charge in [-0.3, -0.25) is 14.9 Å². The number of carbonyl (C=O) groups is 3. The first-order chi connectivity index (χ1) is 11.4. The largest absolute Gasteiger partial charge is 0.465 e. The molecule has 1 aromatic carbocycles. The molecule has 0 aliphatic carbocycles. The van der Waals surface area contributed by atoms with E-state index in [0.717, 1.165) is 18.4 Å². The van der Waals surface area contributed by atoms with E-state index in [4.69, 9.17) is 5.11 Å². The van der Waals surface area contributed by atoms with Gasteiger partial charge in [0.2, 0.25) is 11.8 Å². The Hall–Kier alpha value is -2.37. The van der Waals surface area contributed by atoms with E-state index in [1.807, 2.05) is 31.2 Å². The second kappa shape index (κ2) is 6.26. The minimum Gasteiger partial charge on any atom is -0.465 e. The number of carboxylic acid groups (broad SMARTS) is 1. The average Bonchev–Trinajstić information content (AvgIpc) is 2.59. The van der Waals surface area contributed by atoms with Gasteiger partial charge < -0.3 is 10.0 Å². The molecule has 2 fully saturated rings. The lowest BCUT2D eigenvalue weighted by Gasteiger charge is -2.33. The van der Waals surface area contributed by atoms with E-state index >= 15 is 0 Å². The van der Waals surface area contributed by atoms with E-state index in [-0.39, 0.29) is 11.8 Å². The number of hydrogen-bond donors (Lipinski definition) is 2. The number of nitrogens with one attached hydrogen (secondary N) is 1. The molecular formula is C18H22N2O4. The number of benzene rings is 1. The molecule has 2 heterocycles. The van der Waals surface area contributed by atoms with Crippen molar-refractivity contribution in [3.05, 3.63) is 35.4 Å². The molecule has 2 aliphatic heterocycles. The zero-order chi connectivity index (χ0) is 17.3.